The standard InChI is InChI=1S/C15H17ClN2O4S2/c1-9(2)7-13(19)22-14-8-17-15(23-14)18-24(20,21)12-6-4-5-11(16)10(12)3/h4-6,8-9H,7H2,1-3H3,(H,17,18). The first-order chi connectivity index (χ1) is 11.2. The van der Waals surface area contributed by atoms with Gasteiger partial charge in [0.1, 0.15) is 0 Å². The van der Waals surface area contributed by atoms with Gasteiger partial charge in [0.15, 0.2) is 5.13 Å². The normalized spacial score (nSPS) is 11.5. The Bertz CT molecular complexity index is 847. The van der Waals surface area contributed by atoms with E-state index in [-0.39, 0.29) is 33.4 Å². The zero-order chi connectivity index (χ0) is 17.9. The molecule has 0 saturated heterocycles. The molecule has 1 aromatic carbocycles. The molecule has 0 atom stereocenters. The lowest BCUT2D eigenvalue weighted by Gasteiger charge is -2.09. The van der Waals surface area contributed by atoms with E-state index in [1.54, 1.807) is 19.1 Å². The molecule has 1 heterocycles. The van der Waals surface area contributed by atoms with Crippen LogP contribution in [0.3, 0.4) is 0 Å². The summed E-state index contributed by atoms with van der Waals surface area (Å²) in [5.41, 5.74) is 0.451. The number of hydrogen-bond acceptors (Lipinski definition) is 6. The summed E-state index contributed by atoms with van der Waals surface area (Å²) >= 11 is 6.91. The van der Waals surface area contributed by atoms with E-state index in [9.17, 15) is 13.2 Å². The number of halogens is 1. The molecule has 0 saturated carbocycles. The van der Waals surface area contributed by atoms with Crippen LogP contribution in [0.2, 0.25) is 5.02 Å². The first kappa shape index (κ1) is 18.7. The molecule has 1 N–H and O–H groups in total. The van der Waals surface area contributed by atoms with Crippen LogP contribution in [0.15, 0.2) is 29.3 Å². The molecule has 130 valence electrons. The lowest BCUT2D eigenvalue weighted by molar-refractivity contribution is -0.134. The summed E-state index contributed by atoms with van der Waals surface area (Å²) in [5, 5.41) is 0.711. The molecule has 1 aromatic heterocycles. The molecule has 0 bridgehead atoms. The fraction of sp³-hybridized carbons (Fsp3) is 0.333. The van der Waals surface area contributed by atoms with Crippen molar-refractivity contribution in [3.05, 3.63) is 35.0 Å². The quantitative estimate of drug-likeness (QED) is 0.759. The van der Waals surface area contributed by atoms with Crippen LogP contribution in [-0.2, 0) is 14.8 Å². The van der Waals surface area contributed by atoms with E-state index in [2.05, 4.69) is 9.71 Å². The van der Waals surface area contributed by atoms with E-state index in [0.29, 0.717) is 10.6 Å². The molecule has 0 aliphatic rings. The van der Waals surface area contributed by atoms with Gasteiger partial charge in [-0.05, 0) is 30.5 Å². The molecule has 0 aliphatic heterocycles. The van der Waals surface area contributed by atoms with E-state index < -0.39 is 10.0 Å². The number of anilines is 1. The topological polar surface area (TPSA) is 85.4 Å². The Hall–Kier alpha value is -1.64. The largest absolute Gasteiger partial charge is 0.414 e. The minimum Gasteiger partial charge on any atom is -0.414 e. The van der Waals surface area contributed by atoms with Crippen LogP contribution < -0.4 is 9.46 Å². The molecule has 2 rings (SSSR count). The summed E-state index contributed by atoms with van der Waals surface area (Å²) in [7, 11) is -3.83. The van der Waals surface area contributed by atoms with Gasteiger partial charge in [-0.15, -0.1) is 0 Å². The third-order valence-corrected chi connectivity index (χ3v) is 5.82. The molecule has 0 amide bonds. The second-order valence-electron chi connectivity index (χ2n) is 5.52. The van der Waals surface area contributed by atoms with Gasteiger partial charge in [-0.1, -0.05) is 42.9 Å². The number of nitrogens with zero attached hydrogens (tertiary/aromatic N) is 1. The van der Waals surface area contributed by atoms with Gasteiger partial charge < -0.3 is 4.74 Å². The van der Waals surface area contributed by atoms with Gasteiger partial charge in [0.25, 0.3) is 10.0 Å². The van der Waals surface area contributed by atoms with Gasteiger partial charge in [0.05, 0.1) is 11.1 Å². The summed E-state index contributed by atoms with van der Waals surface area (Å²) in [6.45, 7) is 5.43. The molecule has 0 spiro atoms. The van der Waals surface area contributed by atoms with Gasteiger partial charge in [-0.2, -0.15) is 0 Å². The van der Waals surface area contributed by atoms with Gasteiger partial charge in [-0.3, -0.25) is 9.52 Å². The Morgan fingerprint density at radius 3 is 2.79 bits per heavy atom. The molecule has 0 fully saturated rings. The Morgan fingerprint density at radius 1 is 1.42 bits per heavy atom. The van der Waals surface area contributed by atoms with Crippen molar-refractivity contribution in [1.82, 2.24) is 4.98 Å². The molecule has 24 heavy (non-hydrogen) atoms. The van der Waals surface area contributed by atoms with Gasteiger partial charge in [-0.25, -0.2) is 13.4 Å². The van der Waals surface area contributed by atoms with Crippen LogP contribution in [0.1, 0.15) is 25.8 Å². The number of sulfonamides is 1. The van der Waals surface area contributed by atoms with Gasteiger partial charge >= 0.3 is 5.97 Å². The molecule has 0 aliphatic carbocycles. The highest BCUT2D eigenvalue weighted by Gasteiger charge is 2.20. The number of carbonyl (C=O) groups excluding carboxylic acids is 1. The van der Waals surface area contributed by atoms with Crippen molar-refractivity contribution in [3.63, 3.8) is 0 Å². The van der Waals surface area contributed by atoms with Crippen LogP contribution in [0.25, 0.3) is 0 Å². The summed E-state index contributed by atoms with van der Waals surface area (Å²) < 4.78 is 32.4. The minimum atomic E-state index is -3.83. The first-order valence-corrected chi connectivity index (χ1v) is 9.81. The summed E-state index contributed by atoms with van der Waals surface area (Å²) in [5.74, 6) is -0.206. The van der Waals surface area contributed by atoms with E-state index >= 15 is 0 Å². The minimum absolute atomic E-state index is 0.0727. The third kappa shape index (κ3) is 4.68. The molecule has 9 heteroatoms. The summed E-state index contributed by atoms with van der Waals surface area (Å²) in [6.07, 6.45) is 1.59. The van der Waals surface area contributed by atoms with E-state index in [4.69, 9.17) is 16.3 Å². The summed E-state index contributed by atoms with van der Waals surface area (Å²) in [4.78, 5) is 15.6. The lowest BCUT2D eigenvalue weighted by atomic mass is 10.1. The number of carbonyl (C=O) groups is 1. The lowest BCUT2D eigenvalue weighted by Crippen LogP contribution is -2.14. The highest BCUT2D eigenvalue weighted by Crippen LogP contribution is 2.30. The van der Waals surface area contributed by atoms with Crippen LogP contribution in [-0.4, -0.2) is 19.4 Å². The maximum Gasteiger partial charge on any atom is 0.312 e. The van der Waals surface area contributed by atoms with Crippen molar-refractivity contribution in [1.29, 1.82) is 0 Å². The van der Waals surface area contributed by atoms with Crippen LogP contribution in [0.4, 0.5) is 5.13 Å². The average molecular weight is 389 g/mol. The second kappa shape index (κ2) is 7.50. The van der Waals surface area contributed by atoms with Gasteiger partial charge in [0.2, 0.25) is 5.06 Å². The van der Waals surface area contributed by atoms with Crippen LogP contribution >= 0.6 is 22.9 Å². The highest BCUT2D eigenvalue weighted by molar-refractivity contribution is 7.93. The van der Waals surface area contributed by atoms with Gasteiger partial charge in [0, 0.05) is 11.4 Å². The predicted octanol–water partition coefficient (Wildman–Crippen LogP) is 3.86. The molecular weight excluding hydrogens is 372 g/mol. The number of ether oxygens (including phenoxy) is 1. The SMILES string of the molecule is Cc1c(Cl)cccc1S(=O)(=O)Nc1ncc(OC(=O)CC(C)C)s1. The number of thiazole rings is 1. The Kier molecular flexibility index (Phi) is 5.84. The zero-order valence-corrected chi connectivity index (χ0v) is 15.8. The number of hydrogen-bond donors (Lipinski definition) is 1. The number of nitrogens with one attached hydrogen (secondary N) is 1. The fourth-order valence-electron chi connectivity index (χ4n) is 1.89. The van der Waals surface area contributed by atoms with Crippen LogP contribution in [0.5, 0.6) is 5.06 Å². The molecule has 0 radical (unpaired) electrons. The van der Waals surface area contributed by atoms with Crippen molar-refractivity contribution in [3.8, 4) is 5.06 Å². The second-order valence-corrected chi connectivity index (χ2v) is 8.58. The van der Waals surface area contributed by atoms with Crippen molar-refractivity contribution >= 4 is 44.1 Å². The molecule has 2 aromatic rings. The Balaban J connectivity index is 2.14. The van der Waals surface area contributed by atoms with Crippen molar-refractivity contribution in [2.75, 3.05) is 4.72 Å². The Morgan fingerprint density at radius 2 is 2.12 bits per heavy atom. The smallest absolute Gasteiger partial charge is 0.312 e. The molecular formula is C15H17ClN2O4S2. The maximum atomic E-state index is 12.4. The van der Waals surface area contributed by atoms with E-state index in [1.165, 1.54) is 12.3 Å². The van der Waals surface area contributed by atoms with E-state index in [0.717, 1.165) is 11.3 Å². The highest BCUT2D eigenvalue weighted by atomic mass is 35.5. The monoisotopic (exact) mass is 388 g/mol. The fourth-order valence-corrected chi connectivity index (χ4v) is 4.32. The summed E-state index contributed by atoms with van der Waals surface area (Å²) in [6, 6.07) is 4.64. The van der Waals surface area contributed by atoms with Crippen molar-refractivity contribution in [2.45, 2.75) is 32.1 Å². The van der Waals surface area contributed by atoms with Crippen molar-refractivity contribution < 1.29 is 17.9 Å². The number of rotatable bonds is 6. The molecule has 0 unspecified atom stereocenters. The average Bonchev–Trinajstić information content (AvgIpc) is 2.86. The number of esters is 1. The maximum absolute atomic E-state index is 12.4. The zero-order valence-electron chi connectivity index (χ0n) is 13.4. The molecule has 6 nitrogen and oxygen atoms in total. The first-order valence-electron chi connectivity index (χ1n) is 7.13. The third-order valence-electron chi connectivity index (χ3n) is 3.00. The predicted molar refractivity (Wildman–Crippen MR) is 94.2 cm³/mol. The number of aromatic nitrogens is 1. The Labute approximate surface area is 149 Å². The van der Waals surface area contributed by atoms with Crippen LogP contribution in [0, 0.1) is 12.8 Å². The number of benzene rings is 1. The van der Waals surface area contributed by atoms with E-state index in [1.807, 2.05) is 13.8 Å². The van der Waals surface area contributed by atoms with Crippen molar-refractivity contribution in [2.24, 2.45) is 5.92 Å².